The van der Waals surface area contributed by atoms with Gasteiger partial charge < -0.3 is 15.3 Å². The summed E-state index contributed by atoms with van der Waals surface area (Å²) in [6.07, 6.45) is -0.100. The van der Waals surface area contributed by atoms with Crippen molar-refractivity contribution in [2.75, 3.05) is 18.9 Å². The van der Waals surface area contributed by atoms with Crippen LogP contribution in [0, 0.1) is 13.8 Å². The number of anilines is 1. The summed E-state index contributed by atoms with van der Waals surface area (Å²) >= 11 is 0. The molecule has 0 fully saturated rings. The lowest BCUT2D eigenvalue weighted by Gasteiger charge is -2.26. The van der Waals surface area contributed by atoms with Gasteiger partial charge in [-0.2, -0.15) is 8.42 Å². The van der Waals surface area contributed by atoms with Crippen LogP contribution < -0.4 is 5.32 Å². The van der Waals surface area contributed by atoms with Gasteiger partial charge in [-0.25, -0.2) is 0 Å². The number of guanidine groups is 1. The summed E-state index contributed by atoms with van der Waals surface area (Å²) in [4.78, 5) is 12.2. The molecule has 114 valence electrons. The molecule has 1 aliphatic heterocycles. The molecule has 0 radical (unpaired) electrons. The first-order valence-corrected chi connectivity index (χ1v) is 7.81. The number of carboxylic acid groups (broad SMARTS) is 1. The highest BCUT2D eigenvalue weighted by Gasteiger charge is 2.28. The van der Waals surface area contributed by atoms with Crippen molar-refractivity contribution in [2.45, 2.75) is 25.2 Å². The maximum Gasteiger partial charge on any atom is 0.305 e. The lowest BCUT2D eigenvalue weighted by Crippen LogP contribution is -2.37. The lowest BCUT2D eigenvalue weighted by atomic mass is 10.1. The zero-order valence-electron chi connectivity index (χ0n) is 12.0. The number of fused-ring (bicyclic) bond motifs is 1. The van der Waals surface area contributed by atoms with Crippen LogP contribution in [0.3, 0.4) is 0 Å². The van der Waals surface area contributed by atoms with E-state index in [-0.39, 0.29) is 23.8 Å². The van der Waals surface area contributed by atoms with Gasteiger partial charge in [-0.15, -0.1) is 4.40 Å². The van der Waals surface area contributed by atoms with E-state index in [4.69, 9.17) is 5.11 Å². The van der Waals surface area contributed by atoms with Crippen molar-refractivity contribution in [3.8, 4) is 0 Å². The fourth-order valence-electron chi connectivity index (χ4n) is 2.23. The molecule has 2 N–H and O–H groups in total. The second-order valence-corrected chi connectivity index (χ2v) is 6.58. The summed E-state index contributed by atoms with van der Waals surface area (Å²) in [6.45, 7) is 3.76. The minimum Gasteiger partial charge on any atom is -0.481 e. The molecule has 8 heteroatoms. The van der Waals surface area contributed by atoms with E-state index in [1.807, 2.05) is 6.92 Å². The van der Waals surface area contributed by atoms with Gasteiger partial charge in [0.1, 0.15) is 4.90 Å². The molecule has 0 spiro atoms. The molecule has 0 unspecified atom stereocenters. The minimum atomic E-state index is -3.79. The number of sulfonamides is 1. The number of nitrogens with zero attached hydrogens (tertiary/aromatic N) is 2. The van der Waals surface area contributed by atoms with Gasteiger partial charge in [-0.3, -0.25) is 4.79 Å². The number of carboxylic acids is 1. The smallest absolute Gasteiger partial charge is 0.305 e. The standard InChI is InChI=1S/C13H17N3O4S/c1-8-6-9(2)12-10(7-8)14-13(15-21(12,19)20)16(3)5-4-11(17)18/h6-7H,4-5H2,1-3H3,(H,14,15)(H,17,18). The first-order chi connectivity index (χ1) is 9.70. The first kappa shape index (κ1) is 15.3. The van der Waals surface area contributed by atoms with Crippen LogP contribution in [0.15, 0.2) is 21.4 Å². The van der Waals surface area contributed by atoms with Gasteiger partial charge in [0, 0.05) is 13.6 Å². The molecule has 1 aliphatic rings. The van der Waals surface area contributed by atoms with Gasteiger partial charge in [0.2, 0.25) is 5.96 Å². The van der Waals surface area contributed by atoms with Gasteiger partial charge in [-0.1, -0.05) is 6.07 Å². The molecule has 0 aromatic heterocycles. The quantitative estimate of drug-likeness (QED) is 0.869. The van der Waals surface area contributed by atoms with Crippen LogP contribution in [0.5, 0.6) is 0 Å². The molecule has 0 atom stereocenters. The topological polar surface area (TPSA) is 99.1 Å². The molecule has 0 bridgehead atoms. The molecular formula is C13H17N3O4S. The van der Waals surface area contributed by atoms with Gasteiger partial charge in [0.05, 0.1) is 12.1 Å². The van der Waals surface area contributed by atoms with Crippen molar-refractivity contribution in [2.24, 2.45) is 4.40 Å². The molecule has 7 nitrogen and oxygen atoms in total. The normalized spacial score (nSPS) is 15.7. The number of nitrogens with one attached hydrogen (secondary N) is 1. The third-order valence-electron chi connectivity index (χ3n) is 3.15. The summed E-state index contributed by atoms with van der Waals surface area (Å²) in [5.74, 6) is -0.818. The van der Waals surface area contributed by atoms with Crippen molar-refractivity contribution in [1.29, 1.82) is 0 Å². The Morgan fingerprint density at radius 2 is 2.05 bits per heavy atom. The van der Waals surface area contributed by atoms with E-state index in [0.29, 0.717) is 11.3 Å². The summed E-state index contributed by atoms with van der Waals surface area (Å²) < 4.78 is 28.3. The number of carbonyl (C=O) groups is 1. The van der Waals surface area contributed by atoms with E-state index in [1.165, 1.54) is 4.90 Å². The Morgan fingerprint density at radius 3 is 2.67 bits per heavy atom. The Kier molecular flexibility index (Phi) is 3.91. The highest BCUT2D eigenvalue weighted by atomic mass is 32.2. The summed E-state index contributed by atoms with van der Waals surface area (Å²) in [6, 6.07) is 3.52. The molecule has 21 heavy (non-hydrogen) atoms. The second-order valence-electron chi connectivity index (χ2n) is 5.04. The number of aliphatic carboxylic acids is 1. The van der Waals surface area contributed by atoms with E-state index >= 15 is 0 Å². The molecule has 0 saturated carbocycles. The predicted octanol–water partition coefficient (Wildman–Crippen LogP) is 1.18. The Bertz CT molecular complexity index is 725. The van der Waals surface area contributed by atoms with Crippen LogP contribution in [0.2, 0.25) is 0 Å². The van der Waals surface area contributed by atoms with Crippen molar-refractivity contribution < 1.29 is 18.3 Å². The summed E-state index contributed by atoms with van der Waals surface area (Å²) in [7, 11) is -2.19. The summed E-state index contributed by atoms with van der Waals surface area (Å²) in [5.41, 5.74) is 2.04. The molecule has 0 aliphatic carbocycles. The average molecular weight is 311 g/mol. The third kappa shape index (κ3) is 3.15. The Morgan fingerprint density at radius 1 is 1.38 bits per heavy atom. The Labute approximate surface area is 123 Å². The maximum atomic E-state index is 12.3. The zero-order chi connectivity index (χ0) is 15.8. The fraction of sp³-hybridized carbons (Fsp3) is 0.385. The fourth-order valence-corrected chi connectivity index (χ4v) is 3.58. The number of aryl methyl sites for hydroxylation is 2. The van der Waals surface area contributed by atoms with E-state index in [9.17, 15) is 13.2 Å². The third-order valence-corrected chi connectivity index (χ3v) is 4.62. The van der Waals surface area contributed by atoms with Crippen LogP contribution in [-0.4, -0.2) is 43.9 Å². The summed E-state index contributed by atoms with van der Waals surface area (Å²) in [5, 5.41) is 11.7. The maximum absolute atomic E-state index is 12.3. The molecule has 0 amide bonds. The molecular weight excluding hydrogens is 294 g/mol. The largest absolute Gasteiger partial charge is 0.481 e. The molecule has 2 rings (SSSR count). The van der Waals surface area contributed by atoms with Crippen LogP contribution in [0.25, 0.3) is 0 Å². The van der Waals surface area contributed by atoms with Crippen molar-refractivity contribution in [3.63, 3.8) is 0 Å². The SMILES string of the molecule is Cc1cc(C)c2c(c1)NC(N(C)CCC(=O)O)=NS2(=O)=O. The van der Waals surface area contributed by atoms with Gasteiger partial charge >= 0.3 is 5.97 Å². The average Bonchev–Trinajstić information content (AvgIpc) is 2.32. The van der Waals surface area contributed by atoms with E-state index < -0.39 is 16.0 Å². The minimum absolute atomic E-state index is 0.100. The number of hydrogen-bond acceptors (Lipinski definition) is 5. The van der Waals surface area contributed by atoms with Crippen LogP contribution >= 0.6 is 0 Å². The number of rotatable bonds is 3. The molecule has 1 aromatic carbocycles. The van der Waals surface area contributed by atoms with Crippen molar-refractivity contribution in [1.82, 2.24) is 4.90 Å². The van der Waals surface area contributed by atoms with E-state index in [2.05, 4.69) is 9.71 Å². The predicted molar refractivity (Wildman–Crippen MR) is 79.0 cm³/mol. The Balaban J connectivity index is 2.38. The molecule has 0 saturated heterocycles. The van der Waals surface area contributed by atoms with Gasteiger partial charge in [0.15, 0.2) is 0 Å². The van der Waals surface area contributed by atoms with Crippen molar-refractivity contribution in [3.05, 3.63) is 23.3 Å². The lowest BCUT2D eigenvalue weighted by molar-refractivity contribution is -0.137. The molecule has 1 heterocycles. The van der Waals surface area contributed by atoms with Crippen LogP contribution in [0.1, 0.15) is 17.5 Å². The number of benzene rings is 1. The van der Waals surface area contributed by atoms with E-state index in [0.717, 1.165) is 5.56 Å². The van der Waals surface area contributed by atoms with Crippen LogP contribution in [0.4, 0.5) is 5.69 Å². The highest BCUT2D eigenvalue weighted by Crippen LogP contribution is 2.31. The van der Waals surface area contributed by atoms with Gasteiger partial charge in [-0.05, 0) is 31.0 Å². The van der Waals surface area contributed by atoms with Crippen molar-refractivity contribution >= 4 is 27.6 Å². The monoisotopic (exact) mass is 311 g/mol. The van der Waals surface area contributed by atoms with Gasteiger partial charge in [0.25, 0.3) is 10.0 Å². The van der Waals surface area contributed by atoms with E-state index in [1.54, 1.807) is 26.1 Å². The Hall–Kier alpha value is -2.09. The zero-order valence-corrected chi connectivity index (χ0v) is 12.9. The number of hydrogen-bond donors (Lipinski definition) is 2. The second kappa shape index (κ2) is 5.36. The first-order valence-electron chi connectivity index (χ1n) is 6.37. The molecule has 1 aromatic rings. The van der Waals surface area contributed by atoms with Crippen LogP contribution in [-0.2, 0) is 14.8 Å². The highest BCUT2D eigenvalue weighted by molar-refractivity contribution is 7.90.